The van der Waals surface area contributed by atoms with Crippen LogP contribution in [0.3, 0.4) is 0 Å². The second-order valence-corrected chi connectivity index (χ2v) is 6.38. The van der Waals surface area contributed by atoms with E-state index in [1.165, 1.54) is 6.07 Å². The lowest BCUT2D eigenvalue weighted by molar-refractivity contribution is -0.117. The molecule has 0 bridgehead atoms. The molecule has 1 unspecified atom stereocenters. The van der Waals surface area contributed by atoms with Crippen molar-refractivity contribution in [2.75, 3.05) is 25.7 Å². The minimum Gasteiger partial charge on any atom is -0.493 e. The fraction of sp³-hybridized carbons (Fsp3) is 0.250. The first-order chi connectivity index (χ1) is 13.6. The maximum atomic E-state index is 13.9. The van der Waals surface area contributed by atoms with Crippen LogP contribution in [-0.2, 0) is 4.79 Å². The summed E-state index contributed by atoms with van der Waals surface area (Å²) >= 11 is 0. The highest BCUT2D eigenvalue weighted by Crippen LogP contribution is 2.36. The van der Waals surface area contributed by atoms with Gasteiger partial charge >= 0.3 is 0 Å². The van der Waals surface area contributed by atoms with Gasteiger partial charge in [0.1, 0.15) is 5.82 Å². The number of hydrogen-bond donors (Lipinski definition) is 0. The molecule has 1 atom stereocenters. The highest BCUT2D eigenvalue weighted by atomic mass is 19.1. The molecule has 0 N–H and O–H groups in total. The van der Waals surface area contributed by atoms with Crippen molar-refractivity contribution in [1.82, 2.24) is 10.1 Å². The van der Waals surface area contributed by atoms with E-state index in [4.69, 9.17) is 14.0 Å². The van der Waals surface area contributed by atoms with Crippen molar-refractivity contribution < 1.29 is 23.2 Å². The number of methoxy groups -OCH3 is 2. The molecule has 1 aromatic heterocycles. The Balaban J connectivity index is 1.57. The zero-order chi connectivity index (χ0) is 19.7. The van der Waals surface area contributed by atoms with Gasteiger partial charge in [-0.2, -0.15) is 4.98 Å². The molecule has 3 aromatic rings. The van der Waals surface area contributed by atoms with Crippen molar-refractivity contribution in [2.45, 2.75) is 12.3 Å². The van der Waals surface area contributed by atoms with Gasteiger partial charge in [-0.3, -0.25) is 4.79 Å². The first-order valence-corrected chi connectivity index (χ1v) is 8.71. The van der Waals surface area contributed by atoms with E-state index in [0.717, 1.165) is 0 Å². The van der Waals surface area contributed by atoms with E-state index in [0.29, 0.717) is 29.6 Å². The predicted octanol–water partition coefficient (Wildman–Crippen LogP) is 3.41. The topological polar surface area (TPSA) is 77.7 Å². The van der Waals surface area contributed by atoms with Gasteiger partial charge in [-0.05, 0) is 24.3 Å². The third kappa shape index (κ3) is 3.17. The number of ether oxygens (including phenoxy) is 2. The molecule has 0 spiro atoms. The van der Waals surface area contributed by atoms with Crippen LogP contribution >= 0.6 is 0 Å². The summed E-state index contributed by atoms with van der Waals surface area (Å²) in [4.78, 5) is 18.5. The normalized spacial score (nSPS) is 16.5. The molecule has 1 fully saturated rings. The molecular weight excluding hydrogens is 365 g/mol. The SMILES string of the molecule is COc1ccc(N2CC(c3nc(-c4ccccc4F)no3)CC2=O)cc1OC. The van der Waals surface area contributed by atoms with Crippen molar-refractivity contribution >= 4 is 11.6 Å². The average molecular weight is 383 g/mol. The van der Waals surface area contributed by atoms with Gasteiger partial charge in [0.25, 0.3) is 0 Å². The summed E-state index contributed by atoms with van der Waals surface area (Å²) < 4.78 is 29.8. The van der Waals surface area contributed by atoms with Gasteiger partial charge in [0, 0.05) is 24.7 Å². The minimum atomic E-state index is -0.427. The Morgan fingerprint density at radius 2 is 1.93 bits per heavy atom. The molecule has 1 amide bonds. The Morgan fingerprint density at radius 1 is 1.14 bits per heavy atom. The van der Waals surface area contributed by atoms with Crippen molar-refractivity contribution in [2.24, 2.45) is 0 Å². The molecular formula is C20H18FN3O4. The molecule has 1 saturated heterocycles. The van der Waals surface area contributed by atoms with Crippen LogP contribution in [0, 0.1) is 5.82 Å². The van der Waals surface area contributed by atoms with Gasteiger partial charge in [0.05, 0.1) is 25.7 Å². The molecule has 7 nitrogen and oxygen atoms in total. The van der Waals surface area contributed by atoms with Gasteiger partial charge in [-0.15, -0.1) is 0 Å². The van der Waals surface area contributed by atoms with E-state index in [1.807, 2.05) is 0 Å². The van der Waals surface area contributed by atoms with Crippen molar-refractivity contribution in [3.05, 3.63) is 54.2 Å². The number of halogens is 1. The minimum absolute atomic E-state index is 0.0668. The lowest BCUT2D eigenvalue weighted by atomic mass is 10.1. The summed E-state index contributed by atoms with van der Waals surface area (Å²) in [5.41, 5.74) is 0.956. The summed E-state index contributed by atoms with van der Waals surface area (Å²) in [6.45, 7) is 0.382. The number of benzene rings is 2. The number of carbonyl (C=O) groups excluding carboxylic acids is 1. The first-order valence-electron chi connectivity index (χ1n) is 8.71. The van der Waals surface area contributed by atoms with Crippen molar-refractivity contribution in [3.63, 3.8) is 0 Å². The number of carbonyl (C=O) groups is 1. The zero-order valence-corrected chi connectivity index (χ0v) is 15.4. The van der Waals surface area contributed by atoms with Gasteiger partial charge in [0.15, 0.2) is 11.5 Å². The van der Waals surface area contributed by atoms with Gasteiger partial charge in [0.2, 0.25) is 17.6 Å². The molecule has 1 aliphatic rings. The summed E-state index contributed by atoms with van der Waals surface area (Å²) in [6.07, 6.45) is 0.229. The maximum Gasteiger partial charge on any atom is 0.232 e. The van der Waals surface area contributed by atoms with Crippen molar-refractivity contribution in [1.29, 1.82) is 0 Å². The molecule has 8 heteroatoms. The van der Waals surface area contributed by atoms with Crippen LogP contribution < -0.4 is 14.4 Å². The highest BCUT2D eigenvalue weighted by Gasteiger charge is 2.35. The summed E-state index contributed by atoms with van der Waals surface area (Å²) in [5, 5.41) is 3.87. The van der Waals surface area contributed by atoms with Crippen molar-refractivity contribution in [3.8, 4) is 22.9 Å². The lowest BCUT2D eigenvalue weighted by Gasteiger charge is -2.18. The Bertz CT molecular complexity index is 1020. The van der Waals surface area contributed by atoms with E-state index in [2.05, 4.69) is 10.1 Å². The Hall–Kier alpha value is -3.42. The van der Waals surface area contributed by atoms with Gasteiger partial charge in [-0.1, -0.05) is 17.3 Å². The fourth-order valence-corrected chi connectivity index (χ4v) is 3.27. The number of amides is 1. The smallest absolute Gasteiger partial charge is 0.232 e. The maximum absolute atomic E-state index is 13.9. The second-order valence-electron chi connectivity index (χ2n) is 6.38. The first kappa shape index (κ1) is 18.0. The van der Waals surface area contributed by atoms with E-state index in [1.54, 1.807) is 55.5 Å². The monoisotopic (exact) mass is 383 g/mol. The van der Waals surface area contributed by atoms with Crippen LogP contribution in [0.25, 0.3) is 11.4 Å². The third-order valence-corrected chi connectivity index (χ3v) is 4.71. The summed E-state index contributed by atoms with van der Waals surface area (Å²) in [6, 6.07) is 11.5. The molecule has 2 aromatic carbocycles. The van der Waals surface area contributed by atoms with Crippen LogP contribution in [0.1, 0.15) is 18.2 Å². The third-order valence-electron chi connectivity index (χ3n) is 4.71. The van der Waals surface area contributed by atoms with Crippen LogP contribution in [0.4, 0.5) is 10.1 Å². The molecule has 1 aliphatic heterocycles. The fourth-order valence-electron chi connectivity index (χ4n) is 3.27. The van der Waals surface area contributed by atoms with Crippen LogP contribution in [0.2, 0.25) is 0 Å². The number of nitrogens with zero attached hydrogens (tertiary/aromatic N) is 3. The van der Waals surface area contributed by atoms with Gasteiger partial charge in [-0.25, -0.2) is 4.39 Å². The Kier molecular flexibility index (Phi) is 4.68. The van der Waals surface area contributed by atoms with E-state index in [9.17, 15) is 9.18 Å². The number of anilines is 1. The van der Waals surface area contributed by atoms with E-state index >= 15 is 0 Å². The molecule has 28 heavy (non-hydrogen) atoms. The molecule has 2 heterocycles. The Morgan fingerprint density at radius 3 is 2.68 bits per heavy atom. The summed E-state index contributed by atoms with van der Waals surface area (Å²) in [7, 11) is 3.09. The predicted molar refractivity (Wildman–Crippen MR) is 98.9 cm³/mol. The van der Waals surface area contributed by atoms with Crippen LogP contribution in [0.5, 0.6) is 11.5 Å². The van der Waals surface area contributed by atoms with Crippen LogP contribution in [-0.4, -0.2) is 36.8 Å². The van der Waals surface area contributed by atoms with E-state index < -0.39 is 5.82 Å². The largest absolute Gasteiger partial charge is 0.493 e. The van der Waals surface area contributed by atoms with Crippen LogP contribution in [0.15, 0.2) is 47.0 Å². The average Bonchev–Trinajstić information content (AvgIpc) is 3.34. The molecule has 4 rings (SSSR count). The molecule has 0 radical (unpaired) electrons. The van der Waals surface area contributed by atoms with Gasteiger partial charge < -0.3 is 18.9 Å². The molecule has 0 saturated carbocycles. The molecule has 0 aliphatic carbocycles. The van der Waals surface area contributed by atoms with E-state index in [-0.39, 0.29) is 29.6 Å². The Labute approximate surface area is 160 Å². The quantitative estimate of drug-likeness (QED) is 0.672. The zero-order valence-electron chi connectivity index (χ0n) is 15.4. The lowest BCUT2D eigenvalue weighted by Crippen LogP contribution is -2.24. The number of aromatic nitrogens is 2. The summed E-state index contributed by atoms with van der Waals surface area (Å²) in [5.74, 6) is 0.845. The molecule has 144 valence electrons. The number of hydrogen-bond acceptors (Lipinski definition) is 6. The standard InChI is InChI=1S/C20H18FN3O4/c1-26-16-8-7-13(10-17(16)27-2)24-11-12(9-18(24)25)20-22-19(23-28-20)14-5-3-4-6-15(14)21/h3-8,10,12H,9,11H2,1-2H3. The highest BCUT2D eigenvalue weighted by molar-refractivity contribution is 5.96. The number of rotatable bonds is 5. The second kappa shape index (κ2) is 7.30.